The van der Waals surface area contributed by atoms with E-state index in [9.17, 15) is 4.39 Å². The third-order valence-corrected chi connectivity index (χ3v) is 2.74. The highest BCUT2D eigenvalue weighted by molar-refractivity contribution is 5.57. The second-order valence-electron chi connectivity index (χ2n) is 5.55. The summed E-state index contributed by atoms with van der Waals surface area (Å²) < 4.78 is 13.3. The molecule has 1 heterocycles. The molecule has 19 heavy (non-hydrogen) atoms. The highest BCUT2D eigenvalue weighted by Gasteiger charge is 2.19. The maximum atomic E-state index is 13.3. The molecule has 0 radical (unpaired) electrons. The van der Waals surface area contributed by atoms with Crippen LogP contribution in [0.1, 0.15) is 32.2 Å². The topological polar surface area (TPSA) is 64.7 Å². The first-order valence-electron chi connectivity index (χ1n) is 6.06. The van der Waals surface area contributed by atoms with Gasteiger partial charge in [0.25, 0.3) is 0 Å². The maximum absolute atomic E-state index is 13.3. The van der Waals surface area contributed by atoms with E-state index in [0.29, 0.717) is 17.2 Å². The minimum atomic E-state index is -0.248. The summed E-state index contributed by atoms with van der Waals surface area (Å²) in [5.41, 5.74) is 6.79. The molecule has 0 unspecified atom stereocenters. The Kier molecular flexibility index (Phi) is 3.22. The number of anilines is 1. The molecule has 1 aromatic heterocycles. The molecule has 5 heteroatoms. The van der Waals surface area contributed by atoms with Gasteiger partial charge >= 0.3 is 0 Å². The number of hydrogen-bond donors (Lipinski definition) is 1. The third kappa shape index (κ3) is 2.86. The zero-order chi connectivity index (χ0) is 14.2. The van der Waals surface area contributed by atoms with Crippen molar-refractivity contribution in [3.8, 4) is 11.4 Å². The summed E-state index contributed by atoms with van der Waals surface area (Å²) in [6, 6.07) is 4.75. The second kappa shape index (κ2) is 4.57. The van der Waals surface area contributed by atoms with Crippen LogP contribution in [0.3, 0.4) is 0 Å². The number of hydrogen-bond acceptors (Lipinski definition) is 4. The van der Waals surface area contributed by atoms with Gasteiger partial charge in [0.1, 0.15) is 11.6 Å². The van der Waals surface area contributed by atoms with Crippen LogP contribution in [0.25, 0.3) is 11.4 Å². The van der Waals surface area contributed by atoms with Gasteiger partial charge < -0.3 is 5.73 Å². The van der Waals surface area contributed by atoms with E-state index in [1.807, 2.05) is 20.8 Å². The predicted octanol–water partition coefficient (Wildman–Crippen LogP) is 2.87. The zero-order valence-electron chi connectivity index (χ0n) is 11.5. The Morgan fingerprint density at radius 1 is 1.11 bits per heavy atom. The van der Waals surface area contributed by atoms with Crippen LogP contribution in [0.5, 0.6) is 0 Å². The van der Waals surface area contributed by atoms with Crippen molar-refractivity contribution in [2.75, 3.05) is 5.73 Å². The van der Waals surface area contributed by atoms with Crippen LogP contribution < -0.4 is 5.73 Å². The molecule has 0 aliphatic rings. The Balaban J connectivity index is 2.56. The summed E-state index contributed by atoms with van der Waals surface area (Å²) in [6.07, 6.45) is 0. The molecule has 100 valence electrons. The van der Waals surface area contributed by atoms with Gasteiger partial charge in [0.15, 0.2) is 5.82 Å². The monoisotopic (exact) mass is 260 g/mol. The average Bonchev–Trinajstić information content (AvgIpc) is 2.31. The number of halogens is 1. The number of aryl methyl sites for hydroxylation is 1. The summed E-state index contributed by atoms with van der Waals surface area (Å²) in [5.74, 6) is 1.02. The van der Waals surface area contributed by atoms with Crippen LogP contribution in [0, 0.1) is 12.7 Å². The van der Waals surface area contributed by atoms with Crippen molar-refractivity contribution in [3.05, 3.63) is 35.4 Å². The average molecular weight is 260 g/mol. The lowest BCUT2D eigenvalue weighted by Gasteiger charge is -2.17. The van der Waals surface area contributed by atoms with Gasteiger partial charge in [0.05, 0.1) is 0 Å². The normalized spacial score (nSPS) is 11.6. The van der Waals surface area contributed by atoms with Crippen molar-refractivity contribution < 1.29 is 4.39 Å². The fraction of sp³-hybridized carbons (Fsp3) is 0.357. The van der Waals surface area contributed by atoms with Gasteiger partial charge in [-0.3, -0.25) is 0 Å². The van der Waals surface area contributed by atoms with Crippen LogP contribution in [0.2, 0.25) is 0 Å². The summed E-state index contributed by atoms with van der Waals surface area (Å²) >= 11 is 0. The molecule has 0 aliphatic carbocycles. The van der Waals surface area contributed by atoms with Crippen molar-refractivity contribution in [1.82, 2.24) is 15.0 Å². The Morgan fingerprint density at radius 3 is 2.37 bits per heavy atom. The first kappa shape index (κ1) is 13.4. The molecule has 2 aromatic rings. The van der Waals surface area contributed by atoms with E-state index in [2.05, 4.69) is 15.0 Å². The van der Waals surface area contributed by atoms with Gasteiger partial charge in [0.2, 0.25) is 5.95 Å². The highest BCUT2D eigenvalue weighted by Crippen LogP contribution is 2.23. The standard InChI is InChI=1S/C14H17FN4/c1-8-7-9(5-6-10(8)15)11-17-12(14(2,3)4)19-13(16)18-11/h5-7H,1-4H3,(H2,16,17,18,19). The van der Waals surface area contributed by atoms with Crippen LogP contribution >= 0.6 is 0 Å². The van der Waals surface area contributed by atoms with Crippen molar-refractivity contribution in [2.45, 2.75) is 33.1 Å². The quantitative estimate of drug-likeness (QED) is 0.856. The van der Waals surface area contributed by atoms with Gasteiger partial charge in [-0.15, -0.1) is 0 Å². The minimum absolute atomic E-state index is 0.178. The summed E-state index contributed by atoms with van der Waals surface area (Å²) in [4.78, 5) is 12.7. The van der Waals surface area contributed by atoms with E-state index in [4.69, 9.17) is 5.73 Å². The molecule has 2 rings (SSSR count). The number of nitrogen functional groups attached to an aromatic ring is 1. The second-order valence-corrected chi connectivity index (χ2v) is 5.55. The SMILES string of the molecule is Cc1cc(-c2nc(N)nc(C(C)(C)C)n2)ccc1F. The van der Waals surface area contributed by atoms with E-state index in [1.165, 1.54) is 6.07 Å². The zero-order valence-corrected chi connectivity index (χ0v) is 11.5. The number of nitrogens with two attached hydrogens (primary N) is 1. The van der Waals surface area contributed by atoms with Crippen molar-refractivity contribution in [2.24, 2.45) is 0 Å². The lowest BCUT2D eigenvalue weighted by Crippen LogP contribution is -2.18. The van der Waals surface area contributed by atoms with E-state index in [-0.39, 0.29) is 17.2 Å². The molecule has 4 nitrogen and oxygen atoms in total. The fourth-order valence-electron chi connectivity index (χ4n) is 1.64. The van der Waals surface area contributed by atoms with Gasteiger partial charge in [-0.2, -0.15) is 9.97 Å². The molecule has 0 saturated carbocycles. The number of aromatic nitrogens is 3. The predicted molar refractivity (Wildman–Crippen MR) is 73.1 cm³/mol. The molecule has 0 atom stereocenters. The first-order chi connectivity index (χ1) is 8.77. The van der Waals surface area contributed by atoms with Gasteiger partial charge in [-0.25, -0.2) is 9.37 Å². The van der Waals surface area contributed by atoms with Gasteiger partial charge in [0, 0.05) is 11.0 Å². The lowest BCUT2D eigenvalue weighted by molar-refractivity contribution is 0.544. The highest BCUT2D eigenvalue weighted by atomic mass is 19.1. The molecule has 0 amide bonds. The van der Waals surface area contributed by atoms with Crippen LogP contribution in [-0.2, 0) is 5.41 Å². The Morgan fingerprint density at radius 2 is 1.79 bits per heavy atom. The van der Waals surface area contributed by atoms with Crippen LogP contribution in [-0.4, -0.2) is 15.0 Å². The first-order valence-corrected chi connectivity index (χ1v) is 6.06. The third-order valence-electron chi connectivity index (χ3n) is 2.74. The minimum Gasteiger partial charge on any atom is -0.368 e. The molecule has 0 fully saturated rings. The van der Waals surface area contributed by atoms with Gasteiger partial charge in [-0.1, -0.05) is 20.8 Å². The summed E-state index contributed by atoms with van der Waals surface area (Å²) in [6.45, 7) is 7.71. The van der Waals surface area contributed by atoms with Crippen molar-refractivity contribution in [1.29, 1.82) is 0 Å². The summed E-state index contributed by atoms with van der Waals surface area (Å²) in [7, 11) is 0. The van der Waals surface area contributed by atoms with Crippen LogP contribution in [0.4, 0.5) is 10.3 Å². The van der Waals surface area contributed by atoms with E-state index < -0.39 is 0 Å². The Hall–Kier alpha value is -2.04. The maximum Gasteiger partial charge on any atom is 0.223 e. The lowest BCUT2D eigenvalue weighted by atomic mass is 9.96. The van der Waals surface area contributed by atoms with E-state index in [0.717, 1.165) is 5.56 Å². The molecule has 0 aliphatic heterocycles. The smallest absolute Gasteiger partial charge is 0.223 e. The summed E-state index contributed by atoms with van der Waals surface area (Å²) in [5, 5.41) is 0. The molecule has 0 bridgehead atoms. The van der Waals surface area contributed by atoms with Crippen molar-refractivity contribution >= 4 is 5.95 Å². The number of benzene rings is 1. The molecular formula is C14H17FN4. The number of nitrogens with zero attached hydrogens (tertiary/aromatic N) is 3. The molecule has 0 spiro atoms. The Bertz CT molecular complexity index is 617. The van der Waals surface area contributed by atoms with Crippen molar-refractivity contribution in [3.63, 3.8) is 0 Å². The Labute approximate surface area is 111 Å². The molecule has 0 saturated heterocycles. The van der Waals surface area contributed by atoms with E-state index >= 15 is 0 Å². The van der Waals surface area contributed by atoms with Crippen LogP contribution in [0.15, 0.2) is 18.2 Å². The van der Waals surface area contributed by atoms with E-state index in [1.54, 1.807) is 19.1 Å². The molecule has 2 N–H and O–H groups in total. The molecular weight excluding hydrogens is 243 g/mol. The van der Waals surface area contributed by atoms with Gasteiger partial charge in [-0.05, 0) is 30.7 Å². The largest absolute Gasteiger partial charge is 0.368 e. The number of rotatable bonds is 1. The molecule has 1 aromatic carbocycles. The fourth-order valence-corrected chi connectivity index (χ4v) is 1.64.